The van der Waals surface area contributed by atoms with Gasteiger partial charge in [0.25, 0.3) is 0 Å². The molecule has 10 atom stereocenters. The Balaban J connectivity index is 0.000000397. The molecule has 1 saturated carbocycles. The molecule has 0 heteroatoms. The fourth-order valence-corrected chi connectivity index (χ4v) is 15.2. The van der Waals surface area contributed by atoms with Gasteiger partial charge in [-0.2, -0.15) is 0 Å². The molecule has 0 bridgehead atoms. The van der Waals surface area contributed by atoms with E-state index in [2.05, 4.69) is 327 Å². The molecule has 0 radical (unpaired) electrons. The first-order valence-electron chi connectivity index (χ1n) is 40.9. The molecule has 0 heterocycles. The Hall–Kier alpha value is -4.68. The van der Waals surface area contributed by atoms with Gasteiger partial charge in [0.2, 0.25) is 0 Å². The second-order valence-electron chi connectivity index (χ2n) is 32.5. The van der Waals surface area contributed by atoms with Crippen LogP contribution in [0.3, 0.4) is 0 Å². The minimum absolute atomic E-state index is 0.417. The van der Waals surface area contributed by atoms with Crippen molar-refractivity contribution < 1.29 is 0 Å². The van der Waals surface area contributed by atoms with E-state index in [1.54, 1.807) is 5.56 Å². The fraction of sp³-hybridized carbons (Fsp3) is 0.629. The first kappa shape index (κ1) is 88.4. The molecule has 544 valence electrons. The molecular weight excluding hydrogens is 1170 g/mol. The van der Waals surface area contributed by atoms with Crippen LogP contribution in [0.5, 0.6) is 0 Å². The van der Waals surface area contributed by atoms with Gasteiger partial charge in [0.1, 0.15) is 0 Å². The quantitative estimate of drug-likeness (QED) is 0.0372. The molecule has 1 fully saturated rings. The summed E-state index contributed by atoms with van der Waals surface area (Å²) in [6, 6.07) is 66.1. The summed E-state index contributed by atoms with van der Waals surface area (Å²) in [5.74, 6) is 12.2. The Morgan fingerprint density at radius 1 is 0.320 bits per heavy atom. The Bertz CT molecular complexity index is 2630. The Labute approximate surface area is 605 Å². The number of hydrogen-bond acceptors (Lipinski definition) is 0. The minimum atomic E-state index is 0.417. The van der Waals surface area contributed by atoms with Crippen molar-refractivity contribution in [2.45, 2.75) is 335 Å². The Morgan fingerprint density at radius 3 is 0.969 bits per heavy atom. The Morgan fingerprint density at radius 2 is 0.660 bits per heavy atom. The highest BCUT2D eigenvalue weighted by molar-refractivity contribution is 5.24. The number of unbranched alkanes of at least 4 members (excludes halogenated alkanes) is 1. The van der Waals surface area contributed by atoms with Crippen molar-refractivity contribution in [3.8, 4) is 0 Å². The predicted molar refractivity (Wildman–Crippen MR) is 439 cm³/mol. The molecule has 97 heavy (non-hydrogen) atoms. The van der Waals surface area contributed by atoms with Crippen LogP contribution < -0.4 is 0 Å². The third kappa shape index (κ3) is 37.5. The molecule has 1 aliphatic rings. The number of hydrogen-bond donors (Lipinski definition) is 0. The molecule has 6 aromatic carbocycles. The monoisotopic (exact) mass is 1320 g/mol. The van der Waals surface area contributed by atoms with Gasteiger partial charge < -0.3 is 0 Å². The zero-order chi connectivity index (χ0) is 71.8. The van der Waals surface area contributed by atoms with Crippen molar-refractivity contribution in [2.75, 3.05) is 0 Å². The van der Waals surface area contributed by atoms with Crippen molar-refractivity contribution in [3.05, 3.63) is 215 Å². The third-order valence-electron chi connectivity index (χ3n) is 22.7. The summed E-state index contributed by atoms with van der Waals surface area (Å²) in [4.78, 5) is 0. The summed E-state index contributed by atoms with van der Waals surface area (Å²) in [6.07, 6.45) is 32.2. The van der Waals surface area contributed by atoms with Gasteiger partial charge >= 0.3 is 0 Å². The molecule has 0 saturated heterocycles. The molecule has 0 amide bonds. The van der Waals surface area contributed by atoms with Gasteiger partial charge in [-0.15, -0.1) is 0 Å². The predicted octanol–water partition coefficient (Wildman–Crippen LogP) is 31.9. The van der Waals surface area contributed by atoms with E-state index in [1.807, 2.05) is 0 Å². The first-order valence-corrected chi connectivity index (χ1v) is 40.9. The van der Waals surface area contributed by atoms with Crippen molar-refractivity contribution in [1.29, 1.82) is 0 Å². The second kappa shape index (κ2) is 53.2. The van der Waals surface area contributed by atoms with E-state index in [0.29, 0.717) is 5.41 Å². The normalized spacial score (nSPS) is 15.4. The maximum Gasteiger partial charge on any atom is -0.0134 e. The largest absolute Gasteiger partial charge is 0.0654 e. The third-order valence-corrected chi connectivity index (χ3v) is 22.7. The molecule has 0 N–H and O–H groups in total. The summed E-state index contributed by atoms with van der Waals surface area (Å²) < 4.78 is 0. The maximum atomic E-state index is 2.50. The highest BCUT2D eigenvalue weighted by atomic mass is 14.3. The standard InChI is InChI=1S/C18H28.C18H30.C17H28.C16H26.2C14H22/c1-3-4-14-18(17-12-6-5-7-13-17)15(2)16-10-8-9-11-16;1-5-11-18(17-12-9-8-10-13-17)14-15(4)16(6-2)7-3;1-6-10-16(13-14(2)17(3,4)5)15-11-8-7-9-12-15;1-5-15(12-11-14(4)13(2)3)16-9-7-6-8-10-16;1-4-13(11-10-12(2)3)14-8-6-5-7-9-14;1-4-8-14(11-12(2)3)13-9-6-5-7-10-13/h5-7,12-13,15-16,18H,3-4,8-11,14H2,1-2H3;8-10,12-13,15-16,18H,5-7,11,14H2,1-4H3;7-9,11-12,14,16H,6,10,13H2,1-5H3;6-10,13-15H,5,11-12H2,1-4H3;5-9,12-13H,4,10-11H2,1-3H3;5-7,9-10,12,14H,4,8,11H2,1-3H3/t2*15-,18?;14-,16?;14-,15?;;/m0111../s1. The zero-order valence-electron chi connectivity index (χ0n) is 67.5. The van der Waals surface area contributed by atoms with Crippen molar-refractivity contribution >= 4 is 0 Å². The van der Waals surface area contributed by atoms with Crippen LogP contribution in [0.25, 0.3) is 0 Å². The van der Waals surface area contributed by atoms with Gasteiger partial charge in [0.15, 0.2) is 0 Å². The van der Waals surface area contributed by atoms with Crippen molar-refractivity contribution in [3.63, 3.8) is 0 Å². The lowest BCUT2D eigenvalue weighted by molar-refractivity contribution is 0.229. The van der Waals surface area contributed by atoms with Crippen LogP contribution in [0.1, 0.15) is 368 Å². The molecule has 0 nitrogen and oxygen atoms in total. The van der Waals surface area contributed by atoms with Crippen LogP contribution in [0.15, 0.2) is 182 Å². The van der Waals surface area contributed by atoms with Gasteiger partial charge in [-0.3, -0.25) is 0 Å². The average Bonchev–Trinajstić information content (AvgIpc) is 1.87. The van der Waals surface area contributed by atoms with E-state index in [4.69, 9.17) is 0 Å². The molecule has 6 aromatic rings. The second-order valence-corrected chi connectivity index (χ2v) is 32.5. The lowest BCUT2D eigenvalue weighted by Crippen LogP contribution is -2.19. The van der Waals surface area contributed by atoms with Crippen LogP contribution in [0, 0.1) is 58.7 Å². The summed E-state index contributed by atoms with van der Waals surface area (Å²) in [6.45, 7) is 49.1. The Kier molecular flexibility index (Phi) is 48.5. The molecule has 7 rings (SSSR count). The fourth-order valence-electron chi connectivity index (χ4n) is 15.2. The average molecular weight is 1320 g/mol. The molecule has 1 aliphatic carbocycles. The molecule has 6 unspecified atom stereocenters. The SMILES string of the molecule is CCC(CCC(C)C)c1ccccc1.CCC(CC[C@@H](C)C(C)C)c1ccccc1.CCCC(CC(C)C)c1ccccc1.CCCC(C[C@@H](C)C(C)(C)C)c1ccccc1.CCCC(C[C@@H](C)C(CC)CC)c1ccccc1.CCCCC(c1ccccc1)[C@@H](C)C1CCCC1. The number of benzene rings is 6. The van der Waals surface area contributed by atoms with Gasteiger partial charge in [0.05, 0.1) is 0 Å². The van der Waals surface area contributed by atoms with E-state index in [1.165, 1.54) is 182 Å². The van der Waals surface area contributed by atoms with E-state index in [9.17, 15) is 0 Å². The molecular formula is C97H156. The highest BCUT2D eigenvalue weighted by Gasteiger charge is 2.29. The van der Waals surface area contributed by atoms with Gasteiger partial charge in [-0.1, -0.05) is 404 Å². The molecule has 0 spiro atoms. The number of rotatable bonds is 35. The molecule has 0 aliphatic heterocycles. The van der Waals surface area contributed by atoms with E-state index in [0.717, 1.165) is 88.8 Å². The summed E-state index contributed by atoms with van der Waals surface area (Å²) in [7, 11) is 0. The van der Waals surface area contributed by atoms with Crippen LogP contribution >= 0.6 is 0 Å². The summed E-state index contributed by atoms with van der Waals surface area (Å²) in [5, 5.41) is 0. The molecule has 0 aromatic heterocycles. The van der Waals surface area contributed by atoms with E-state index in [-0.39, 0.29) is 0 Å². The van der Waals surface area contributed by atoms with Crippen LogP contribution in [0.4, 0.5) is 0 Å². The highest BCUT2D eigenvalue weighted by Crippen LogP contribution is 2.42. The van der Waals surface area contributed by atoms with Crippen LogP contribution in [-0.2, 0) is 0 Å². The van der Waals surface area contributed by atoms with Gasteiger partial charge in [-0.25, -0.2) is 0 Å². The lowest BCUT2D eigenvalue weighted by Gasteiger charge is -2.31. The zero-order valence-corrected chi connectivity index (χ0v) is 67.5. The smallest absolute Gasteiger partial charge is 0.0134 e. The van der Waals surface area contributed by atoms with E-state index < -0.39 is 0 Å². The summed E-state index contributed by atoms with van der Waals surface area (Å²) >= 11 is 0. The maximum absolute atomic E-state index is 2.50. The van der Waals surface area contributed by atoms with Crippen molar-refractivity contribution in [1.82, 2.24) is 0 Å². The van der Waals surface area contributed by atoms with Gasteiger partial charge in [0, 0.05) is 0 Å². The van der Waals surface area contributed by atoms with Crippen LogP contribution in [0.2, 0.25) is 0 Å². The van der Waals surface area contributed by atoms with Gasteiger partial charge in [-0.05, 0) is 205 Å². The van der Waals surface area contributed by atoms with E-state index >= 15 is 0 Å². The minimum Gasteiger partial charge on any atom is -0.0654 e. The van der Waals surface area contributed by atoms with Crippen molar-refractivity contribution in [2.24, 2.45) is 58.7 Å². The lowest BCUT2D eigenvalue weighted by atomic mass is 9.75. The summed E-state index contributed by atoms with van der Waals surface area (Å²) in [5.41, 5.74) is 9.59. The topological polar surface area (TPSA) is 0 Å². The first-order chi connectivity index (χ1) is 46.6. The van der Waals surface area contributed by atoms with Crippen LogP contribution in [-0.4, -0.2) is 0 Å².